The maximum absolute atomic E-state index is 12.4. The van der Waals surface area contributed by atoms with Gasteiger partial charge < -0.3 is 15.2 Å². The van der Waals surface area contributed by atoms with Crippen molar-refractivity contribution >= 4 is 39.9 Å². The maximum atomic E-state index is 12.4. The van der Waals surface area contributed by atoms with Gasteiger partial charge in [0.05, 0.1) is 17.0 Å². The third-order valence-electron chi connectivity index (χ3n) is 3.39. The third kappa shape index (κ3) is 3.33. The first-order chi connectivity index (χ1) is 12.0. The summed E-state index contributed by atoms with van der Waals surface area (Å²) in [5.74, 6) is -2.15. The number of amides is 1. The number of aromatic carboxylic acids is 1. The second-order valence-electron chi connectivity index (χ2n) is 5.03. The Morgan fingerprint density at radius 3 is 2.56 bits per heavy atom. The maximum Gasteiger partial charge on any atom is 0.275 e. The van der Waals surface area contributed by atoms with E-state index in [1.807, 2.05) is 0 Å². The van der Waals surface area contributed by atoms with Gasteiger partial charge >= 0.3 is 0 Å². The van der Waals surface area contributed by atoms with Crippen LogP contribution in [0.1, 0.15) is 10.5 Å². The topological polar surface area (TPSA) is 117 Å². The molecule has 9 heteroatoms. The quantitative estimate of drug-likeness (QED) is 0.677. The second-order valence-corrected chi connectivity index (χ2v) is 5.39. The van der Waals surface area contributed by atoms with E-state index in [0.717, 1.165) is 4.68 Å². The minimum atomic E-state index is -1.54. The molecule has 0 aliphatic rings. The van der Waals surface area contributed by atoms with Crippen molar-refractivity contribution in [1.29, 1.82) is 0 Å². The first-order valence-electron chi connectivity index (χ1n) is 7.09. The van der Waals surface area contributed by atoms with E-state index in [0.29, 0.717) is 0 Å². The molecule has 0 atom stereocenters. The van der Waals surface area contributed by atoms with Crippen LogP contribution in [-0.4, -0.2) is 26.6 Å². The van der Waals surface area contributed by atoms with Gasteiger partial charge in [-0.1, -0.05) is 29.8 Å². The summed E-state index contributed by atoms with van der Waals surface area (Å²) in [5.41, 5.74) is -0.737. The van der Waals surface area contributed by atoms with Gasteiger partial charge in [-0.2, -0.15) is 5.10 Å². The van der Waals surface area contributed by atoms with Crippen molar-refractivity contribution in [2.45, 2.75) is 6.54 Å². The molecule has 0 radical (unpaired) electrons. The molecule has 0 spiro atoms. The Labute approximate surface area is 145 Å². The highest BCUT2D eigenvalue weighted by molar-refractivity contribution is 6.32. The highest BCUT2D eigenvalue weighted by Crippen LogP contribution is 2.17. The molecule has 0 fully saturated rings. The van der Waals surface area contributed by atoms with Crippen LogP contribution in [0.15, 0.2) is 47.4 Å². The Morgan fingerprint density at radius 1 is 1.16 bits per heavy atom. The molecule has 1 aromatic carbocycles. The number of nitrogens with zero attached hydrogens (tertiary/aromatic N) is 3. The van der Waals surface area contributed by atoms with Crippen LogP contribution in [0.3, 0.4) is 0 Å². The SMILES string of the molecule is O=C(Cn1nc(C(=O)[O-])c2ccccc2c1=O)Nc1cccnc1Cl. The summed E-state index contributed by atoms with van der Waals surface area (Å²) in [6.45, 7) is -0.491. The number of anilines is 1. The second kappa shape index (κ2) is 6.70. The largest absolute Gasteiger partial charge is 0.543 e. The highest BCUT2D eigenvalue weighted by atomic mass is 35.5. The Bertz CT molecular complexity index is 1050. The predicted octanol–water partition coefficient (Wildman–Crippen LogP) is 0.447. The lowest BCUT2D eigenvalue weighted by Crippen LogP contribution is -2.34. The van der Waals surface area contributed by atoms with Crippen molar-refractivity contribution in [2.24, 2.45) is 0 Å². The number of hydrogen-bond acceptors (Lipinski definition) is 6. The fraction of sp³-hybridized carbons (Fsp3) is 0.0625. The molecule has 3 aromatic rings. The number of pyridine rings is 1. The van der Waals surface area contributed by atoms with Gasteiger partial charge in [0.1, 0.15) is 12.2 Å². The average Bonchev–Trinajstić information content (AvgIpc) is 2.59. The summed E-state index contributed by atoms with van der Waals surface area (Å²) in [6, 6.07) is 9.19. The van der Waals surface area contributed by atoms with Crippen LogP contribution in [0.25, 0.3) is 10.8 Å². The van der Waals surface area contributed by atoms with Crippen LogP contribution in [0.5, 0.6) is 0 Å². The number of carboxylic acid groups (broad SMARTS) is 1. The van der Waals surface area contributed by atoms with Gasteiger partial charge in [0.2, 0.25) is 5.91 Å². The molecule has 0 saturated carbocycles. The van der Waals surface area contributed by atoms with Gasteiger partial charge in [-0.3, -0.25) is 9.59 Å². The lowest BCUT2D eigenvalue weighted by atomic mass is 10.1. The Morgan fingerprint density at radius 2 is 1.88 bits per heavy atom. The van der Waals surface area contributed by atoms with E-state index in [-0.39, 0.29) is 21.6 Å². The molecule has 3 rings (SSSR count). The number of hydrogen-bond donors (Lipinski definition) is 1. The molecule has 0 bridgehead atoms. The smallest absolute Gasteiger partial charge is 0.275 e. The predicted molar refractivity (Wildman–Crippen MR) is 88.2 cm³/mol. The number of aromatic nitrogens is 3. The molecular weight excluding hydrogens is 348 g/mol. The van der Waals surface area contributed by atoms with Crippen molar-refractivity contribution in [2.75, 3.05) is 5.32 Å². The van der Waals surface area contributed by atoms with Crippen LogP contribution in [0, 0.1) is 0 Å². The van der Waals surface area contributed by atoms with Crippen molar-refractivity contribution in [3.8, 4) is 0 Å². The van der Waals surface area contributed by atoms with E-state index in [4.69, 9.17) is 11.6 Å². The molecular formula is C16H10ClN4O4-. The molecule has 0 saturated heterocycles. The standard InChI is InChI=1S/C16H11ClN4O4/c17-14-11(6-3-7-18-14)19-12(22)8-21-15(23)10-5-2-1-4-9(10)13(20-21)16(24)25/h1-7H,8H2,(H,19,22)(H,24,25)/p-1. The lowest BCUT2D eigenvalue weighted by Gasteiger charge is -2.12. The van der Waals surface area contributed by atoms with E-state index in [9.17, 15) is 19.5 Å². The zero-order chi connectivity index (χ0) is 18.0. The van der Waals surface area contributed by atoms with E-state index < -0.39 is 29.7 Å². The molecule has 25 heavy (non-hydrogen) atoms. The van der Waals surface area contributed by atoms with E-state index >= 15 is 0 Å². The van der Waals surface area contributed by atoms with Crippen LogP contribution in [-0.2, 0) is 11.3 Å². The fourth-order valence-corrected chi connectivity index (χ4v) is 2.46. The number of benzene rings is 1. The van der Waals surface area contributed by atoms with Crippen LogP contribution >= 0.6 is 11.6 Å². The van der Waals surface area contributed by atoms with Crippen molar-refractivity contribution in [3.05, 3.63) is 63.8 Å². The fourth-order valence-electron chi connectivity index (χ4n) is 2.30. The van der Waals surface area contributed by atoms with Crippen molar-refractivity contribution in [1.82, 2.24) is 14.8 Å². The summed E-state index contributed by atoms with van der Waals surface area (Å²) in [6.07, 6.45) is 1.46. The van der Waals surface area contributed by atoms with Crippen molar-refractivity contribution in [3.63, 3.8) is 0 Å². The molecule has 1 N–H and O–H groups in total. The molecule has 126 valence electrons. The molecule has 8 nitrogen and oxygen atoms in total. The lowest BCUT2D eigenvalue weighted by molar-refractivity contribution is -0.255. The van der Waals surface area contributed by atoms with Crippen LogP contribution in [0.2, 0.25) is 5.15 Å². The minimum Gasteiger partial charge on any atom is -0.543 e. The van der Waals surface area contributed by atoms with Gasteiger partial charge in [0, 0.05) is 11.6 Å². The van der Waals surface area contributed by atoms with Gasteiger partial charge in [-0.25, -0.2) is 9.67 Å². The average molecular weight is 358 g/mol. The highest BCUT2D eigenvalue weighted by Gasteiger charge is 2.14. The Balaban J connectivity index is 1.97. The van der Waals surface area contributed by atoms with Crippen LogP contribution < -0.4 is 16.0 Å². The third-order valence-corrected chi connectivity index (χ3v) is 3.69. The number of fused-ring (bicyclic) bond motifs is 1. The van der Waals surface area contributed by atoms with Crippen molar-refractivity contribution < 1.29 is 14.7 Å². The number of nitrogens with one attached hydrogen (secondary N) is 1. The van der Waals surface area contributed by atoms with E-state index in [2.05, 4.69) is 15.4 Å². The first-order valence-corrected chi connectivity index (χ1v) is 7.46. The summed E-state index contributed by atoms with van der Waals surface area (Å²) >= 11 is 5.85. The van der Waals surface area contributed by atoms with Crippen LogP contribution in [0.4, 0.5) is 5.69 Å². The summed E-state index contributed by atoms with van der Waals surface area (Å²) < 4.78 is 0.771. The number of halogens is 1. The molecule has 2 aromatic heterocycles. The number of carbonyl (C=O) groups excluding carboxylic acids is 2. The first kappa shape index (κ1) is 16.6. The number of rotatable bonds is 4. The van der Waals surface area contributed by atoms with E-state index in [1.165, 1.54) is 24.4 Å². The van der Waals surface area contributed by atoms with Gasteiger partial charge in [0.25, 0.3) is 5.56 Å². The normalized spacial score (nSPS) is 10.6. The summed E-state index contributed by atoms with van der Waals surface area (Å²) in [7, 11) is 0. The Hall–Kier alpha value is -3.26. The molecule has 2 heterocycles. The molecule has 0 aliphatic heterocycles. The summed E-state index contributed by atoms with van der Waals surface area (Å²) in [4.78, 5) is 39.7. The monoisotopic (exact) mass is 357 g/mol. The van der Waals surface area contributed by atoms with Gasteiger partial charge in [0.15, 0.2) is 5.15 Å². The molecule has 1 amide bonds. The zero-order valence-corrected chi connectivity index (χ0v) is 13.4. The van der Waals surface area contributed by atoms with Gasteiger partial charge in [-0.15, -0.1) is 0 Å². The minimum absolute atomic E-state index is 0.0880. The summed E-state index contributed by atoms with van der Waals surface area (Å²) in [5, 5.41) is 17.9. The molecule has 0 unspecified atom stereocenters. The number of carbonyl (C=O) groups is 2. The number of carboxylic acids is 1. The molecule has 0 aliphatic carbocycles. The Kier molecular flexibility index (Phi) is 4.44. The van der Waals surface area contributed by atoms with Gasteiger partial charge in [-0.05, 0) is 18.2 Å². The van der Waals surface area contributed by atoms with E-state index in [1.54, 1.807) is 18.2 Å². The zero-order valence-electron chi connectivity index (χ0n) is 12.6.